The van der Waals surface area contributed by atoms with Crippen molar-refractivity contribution in [2.45, 2.75) is 0 Å². The molecule has 0 atom stereocenters. The van der Waals surface area contributed by atoms with E-state index in [-0.39, 0.29) is 0 Å². The van der Waals surface area contributed by atoms with E-state index in [9.17, 15) is 4.91 Å². The first-order valence-corrected chi connectivity index (χ1v) is 6.97. The predicted molar refractivity (Wildman–Crippen MR) is 85.5 cm³/mol. The first-order chi connectivity index (χ1) is 10.8. The number of nitrogens with one attached hydrogen (secondary N) is 2. The predicted octanol–water partition coefficient (Wildman–Crippen LogP) is 4.03. The summed E-state index contributed by atoms with van der Waals surface area (Å²) in [6.07, 6.45) is 3.59. The second-order valence-corrected chi connectivity index (χ2v) is 5.29. The lowest BCUT2D eigenvalue weighted by Gasteiger charge is -2.10. The van der Waals surface area contributed by atoms with Gasteiger partial charge in [0, 0.05) is 22.3 Å². The third-order valence-electron chi connectivity index (χ3n) is 3.66. The molecule has 3 aromatic rings. The van der Waals surface area contributed by atoms with Crippen molar-refractivity contribution in [3.63, 3.8) is 0 Å². The molecule has 6 nitrogen and oxygen atoms in total. The third-order valence-corrected chi connectivity index (χ3v) is 3.97. The number of aromatic amines is 1. The molecule has 4 rings (SSSR count). The van der Waals surface area contributed by atoms with Crippen molar-refractivity contribution < 1.29 is 0 Å². The summed E-state index contributed by atoms with van der Waals surface area (Å²) in [7, 11) is 0. The van der Waals surface area contributed by atoms with E-state index in [2.05, 4.69) is 21.0 Å². The van der Waals surface area contributed by atoms with E-state index in [0.29, 0.717) is 5.02 Å². The zero-order valence-electron chi connectivity index (χ0n) is 11.2. The number of halogens is 1. The number of rotatable bonds is 4. The van der Waals surface area contributed by atoms with Crippen LogP contribution in [0.25, 0.3) is 22.3 Å². The lowest BCUT2D eigenvalue weighted by atomic mass is 9.96. The van der Waals surface area contributed by atoms with E-state index in [0.717, 1.165) is 33.6 Å². The van der Waals surface area contributed by atoms with Crippen molar-refractivity contribution >= 4 is 23.0 Å². The minimum Gasteiger partial charge on any atom is -0.285 e. The quantitative estimate of drug-likeness (QED) is 0.433. The molecule has 0 spiro atoms. The minimum atomic E-state index is 0.660. The number of hydrogen-bond donors (Lipinski definition) is 2. The molecule has 2 aromatic carbocycles. The first kappa shape index (κ1) is 12.8. The Morgan fingerprint density at radius 1 is 1.18 bits per heavy atom. The summed E-state index contributed by atoms with van der Waals surface area (Å²) in [5.41, 5.74) is 8.08. The van der Waals surface area contributed by atoms with Crippen LogP contribution in [0, 0.1) is 4.91 Å². The van der Waals surface area contributed by atoms with Crippen LogP contribution >= 0.6 is 11.6 Å². The molecule has 1 aliphatic heterocycles. The van der Waals surface area contributed by atoms with Crippen LogP contribution in [0.5, 0.6) is 0 Å². The number of anilines is 2. The zero-order chi connectivity index (χ0) is 15.1. The Bertz CT molecular complexity index is 862. The average molecular weight is 312 g/mol. The van der Waals surface area contributed by atoms with Crippen LogP contribution in [-0.2, 0) is 0 Å². The standard InChI is InChI=1S/C15H10ClN5O/c16-12-3-1-2-11(10-7-17-18-8-10)15(12)9-4-5-13-14(6-9)21(13)19-20-22/h1-8H,(H,17,18)(H,19,22). The van der Waals surface area contributed by atoms with Crippen LogP contribution in [0.1, 0.15) is 0 Å². The van der Waals surface area contributed by atoms with Crippen molar-refractivity contribution in [2.75, 3.05) is 5.01 Å². The third kappa shape index (κ3) is 1.93. The Morgan fingerprint density at radius 2 is 2.09 bits per heavy atom. The average Bonchev–Trinajstić information content (AvgIpc) is 2.97. The van der Waals surface area contributed by atoms with Crippen LogP contribution in [0.4, 0.5) is 11.4 Å². The molecular weight excluding hydrogens is 302 g/mol. The van der Waals surface area contributed by atoms with Crippen molar-refractivity contribution in [3.8, 4) is 22.3 Å². The molecular formula is C15H10ClN5O. The number of hydrogen-bond acceptors (Lipinski definition) is 4. The molecule has 108 valence electrons. The highest BCUT2D eigenvalue weighted by Crippen LogP contribution is 2.49. The highest BCUT2D eigenvalue weighted by atomic mass is 35.5. The Hall–Kier alpha value is -2.86. The van der Waals surface area contributed by atoms with Crippen molar-refractivity contribution in [3.05, 3.63) is 58.7 Å². The molecule has 0 aliphatic carbocycles. The molecule has 2 heterocycles. The largest absolute Gasteiger partial charge is 0.285 e. The molecule has 22 heavy (non-hydrogen) atoms. The fraction of sp³-hybridized carbons (Fsp3) is 0. The van der Waals surface area contributed by atoms with Crippen LogP contribution < -0.4 is 10.5 Å². The lowest BCUT2D eigenvalue weighted by Crippen LogP contribution is -2.14. The number of hydrazine groups is 1. The fourth-order valence-corrected chi connectivity index (χ4v) is 2.90. The molecule has 0 fully saturated rings. The Morgan fingerprint density at radius 3 is 2.86 bits per heavy atom. The second-order valence-electron chi connectivity index (χ2n) is 4.88. The van der Waals surface area contributed by atoms with Crippen LogP contribution in [0.3, 0.4) is 0 Å². The number of fused-ring (bicyclic) bond motifs is 1. The van der Waals surface area contributed by atoms with Gasteiger partial charge in [0.1, 0.15) is 0 Å². The summed E-state index contributed by atoms with van der Waals surface area (Å²) in [6.45, 7) is 0. The van der Waals surface area contributed by atoms with E-state index in [4.69, 9.17) is 11.6 Å². The molecule has 0 bridgehead atoms. The maximum Gasteiger partial charge on any atom is 0.0911 e. The normalized spacial score (nSPS) is 12.0. The molecule has 0 unspecified atom stereocenters. The summed E-state index contributed by atoms with van der Waals surface area (Å²) in [4.78, 5) is 10.3. The topological polar surface area (TPSA) is 73.2 Å². The summed E-state index contributed by atoms with van der Waals surface area (Å²) in [5, 5.41) is 11.8. The van der Waals surface area contributed by atoms with Crippen molar-refractivity contribution in [2.24, 2.45) is 5.29 Å². The minimum absolute atomic E-state index is 0.660. The number of nitroso groups, excluding NO2 is 1. The summed E-state index contributed by atoms with van der Waals surface area (Å²) in [6, 6.07) is 11.6. The van der Waals surface area contributed by atoms with Gasteiger partial charge in [-0.25, -0.2) is 5.01 Å². The summed E-state index contributed by atoms with van der Waals surface area (Å²) < 4.78 is 0. The Kier molecular flexibility index (Phi) is 2.83. The van der Waals surface area contributed by atoms with Gasteiger partial charge in [-0.1, -0.05) is 29.8 Å². The number of H-pyrrole nitrogens is 1. The van der Waals surface area contributed by atoms with Crippen molar-refractivity contribution in [1.82, 2.24) is 15.7 Å². The van der Waals surface area contributed by atoms with E-state index in [1.807, 2.05) is 42.6 Å². The van der Waals surface area contributed by atoms with E-state index in [1.165, 1.54) is 0 Å². The monoisotopic (exact) mass is 311 g/mol. The Balaban J connectivity index is 1.83. The van der Waals surface area contributed by atoms with Crippen LogP contribution in [-0.4, -0.2) is 10.2 Å². The van der Waals surface area contributed by atoms with Gasteiger partial charge in [0.25, 0.3) is 0 Å². The van der Waals surface area contributed by atoms with Gasteiger partial charge >= 0.3 is 0 Å². The molecule has 7 heteroatoms. The van der Waals surface area contributed by atoms with Gasteiger partial charge in [-0.2, -0.15) is 10.6 Å². The molecule has 1 aliphatic rings. The first-order valence-electron chi connectivity index (χ1n) is 6.60. The lowest BCUT2D eigenvalue weighted by molar-refractivity contribution is 0.803. The van der Waals surface area contributed by atoms with E-state index >= 15 is 0 Å². The molecule has 0 radical (unpaired) electrons. The molecule has 0 saturated carbocycles. The maximum absolute atomic E-state index is 10.3. The van der Waals surface area contributed by atoms with Gasteiger partial charge in [0.05, 0.1) is 22.9 Å². The highest BCUT2D eigenvalue weighted by molar-refractivity contribution is 6.34. The van der Waals surface area contributed by atoms with E-state index in [1.54, 1.807) is 11.2 Å². The zero-order valence-corrected chi connectivity index (χ0v) is 12.0. The highest BCUT2D eigenvalue weighted by Gasteiger charge is 2.30. The number of nitrogens with zero attached hydrogens (tertiary/aromatic N) is 3. The molecule has 1 aromatic heterocycles. The second kappa shape index (κ2) is 4.85. The van der Waals surface area contributed by atoms with Gasteiger partial charge < -0.3 is 0 Å². The van der Waals surface area contributed by atoms with Gasteiger partial charge in [0.2, 0.25) is 0 Å². The van der Waals surface area contributed by atoms with Crippen LogP contribution in [0.2, 0.25) is 5.02 Å². The van der Waals surface area contributed by atoms with Gasteiger partial charge in [-0.3, -0.25) is 5.10 Å². The number of benzene rings is 2. The van der Waals surface area contributed by atoms with Crippen molar-refractivity contribution in [1.29, 1.82) is 0 Å². The molecule has 0 saturated heterocycles. The van der Waals surface area contributed by atoms with Crippen LogP contribution in [0.15, 0.2) is 54.1 Å². The summed E-state index contributed by atoms with van der Waals surface area (Å²) >= 11 is 6.42. The Labute approximate surface area is 130 Å². The molecule has 2 N–H and O–H groups in total. The SMILES string of the molecule is O=NNN1c2ccc(-c3c(Cl)cccc3-c3cn[nH]c3)cc21. The smallest absolute Gasteiger partial charge is 0.0911 e. The number of aromatic nitrogens is 2. The maximum atomic E-state index is 10.3. The van der Waals surface area contributed by atoms with Gasteiger partial charge in [-0.05, 0) is 29.3 Å². The fourth-order valence-electron chi connectivity index (χ4n) is 2.61. The van der Waals surface area contributed by atoms with Gasteiger partial charge in [-0.15, -0.1) is 4.91 Å². The van der Waals surface area contributed by atoms with Gasteiger partial charge in [0.15, 0.2) is 0 Å². The summed E-state index contributed by atoms with van der Waals surface area (Å²) in [5.74, 6) is 0. The molecule has 0 amide bonds. The van der Waals surface area contributed by atoms with E-state index < -0.39 is 0 Å².